The van der Waals surface area contributed by atoms with E-state index in [-0.39, 0.29) is 18.1 Å². The molecule has 1 spiro atoms. The Bertz CT molecular complexity index is 1040. The number of aromatic nitrogens is 4. The molecule has 30 heavy (non-hydrogen) atoms. The molecule has 154 valence electrons. The zero-order chi connectivity index (χ0) is 20.6. The second-order valence-electron chi connectivity index (χ2n) is 7.99. The lowest BCUT2D eigenvalue weighted by molar-refractivity contribution is 0.186. The van der Waals surface area contributed by atoms with Gasteiger partial charge in [-0.3, -0.25) is 0 Å². The summed E-state index contributed by atoms with van der Waals surface area (Å²) < 4.78 is 0. The Kier molecular flexibility index (Phi) is 5.14. The van der Waals surface area contributed by atoms with Crippen LogP contribution >= 0.6 is 11.8 Å². The Morgan fingerprint density at radius 2 is 1.97 bits per heavy atom. The molecular weight excluding hydrogens is 396 g/mol. The second kappa shape index (κ2) is 7.94. The van der Waals surface area contributed by atoms with Crippen LogP contribution in [0.2, 0.25) is 0 Å². The maximum atomic E-state index is 9.92. The molecule has 3 N–H and O–H groups in total. The largest absolute Gasteiger partial charge is 0.390 e. The second-order valence-corrected chi connectivity index (χ2v) is 9.03. The highest BCUT2D eigenvalue weighted by atomic mass is 32.2. The first-order chi connectivity index (χ1) is 14.7. The van der Waals surface area contributed by atoms with Crippen LogP contribution in [0.4, 0.5) is 5.82 Å². The average molecular weight is 421 g/mol. The highest BCUT2D eigenvalue weighted by molar-refractivity contribution is 7.99. The number of benzene rings is 1. The summed E-state index contributed by atoms with van der Waals surface area (Å²) in [5.41, 5.74) is 10.1. The topological polar surface area (TPSA) is 101 Å². The zero-order valence-electron chi connectivity index (χ0n) is 16.6. The smallest absolute Gasteiger partial charge is 0.152 e. The third-order valence-electron chi connectivity index (χ3n) is 6.37. The maximum absolute atomic E-state index is 9.92. The van der Waals surface area contributed by atoms with Crippen molar-refractivity contribution in [2.45, 2.75) is 42.0 Å². The SMILES string of the molecule is N[C@@H]1c2ccccc2CC12CCN(c1ncc(Sc3ccncn3)nc1CO)CC2. The van der Waals surface area contributed by atoms with Crippen LogP contribution in [0.1, 0.15) is 35.7 Å². The number of hydrogen-bond acceptors (Lipinski definition) is 8. The molecule has 1 aliphatic heterocycles. The molecule has 0 radical (unpaired) electrons. The van der Waals surface area contributed by atoms with Crippen LogP contribution in [-0.2, 0) is 13.0 Å². The summed E-state index contributed by atoms with van der Waals surface area (Å²) in [5, 5.41) is 11.4. The molecule has 1 saturated heterocycles. The number of anilines is 1. The van der Waals surface area contributed by atoms with Gasteiger partial charge in [-0.2, -0.15) is 0 Å². The summed E-state index contributed by atoms with van der Waals surface area (Å²) in [5.74, 6) is 0.767. The van der Waals surface area contributed by atoms with Crippen molar-refractivity contribution in [3.63, 3.8) is 0 Å². The first-order valence-electron chi connectivity index (χ1n) is 10.2. The van der Waals surface area contributed by atoms with E-state index in [4.69, 9.17) is 5.73 Å². The van der Waals surface area contributed by atoms with Crippen molar-refractivity contribution >= 4 is 17.6 Å². The van der Waals surface area contributed by atoms with Gasteiger partial charge in [-0.05, 0) is 53.6 Å². The Labute approximate surface area is 179 Å². The molecule has 0 unspecified atom stereocenters. The first-order valence-corrected chi connectivity index (χ1v) is 11.0. The average Bonchev–Trinajstić information content (AvgIpc) is 3.06. The lowest BCUT2D eigenvalue weighted by atomic mass is 9.73. The molecule has 0 bridgehead atoms. The molecule has 7 nitrogen and oxygen atoms in total. The predicted molar refractivity (Wildman–Crippen MR) is 115 cm³/mol. The highest BCUT2D eigenvalue weighted by Crippen LogP contribution is 2.51. The van der Waals surface area contributed by atoms with Crippen LogP contribution in [0.3, 0.4) is 0 Å². The van der Waals surface area contributed by atoms with E-state index in [9.17, 15) is 5.11 Å². The number of nitrogens with zero attached hydrogens (tertiary/aromatic N) is 5. The molecular formula is C22H24N6OS. The molecule has 5 rings (SSSR count). The molecule has 3 heterocycles. The minimum absolute atomic E-state index is 0.0888. The van der Waals surface area contributed by atoms with Crippen molar-refractivity contribution in [1.82, 2.24) is 19.9 Å². The molecule has 3 aromatic rings. The van der Waals surface area contributed by atoms with Crippen molar-refractivity contribution < 1.29 is 5.11 Å². The van der Waals surface area contributed by atoms with Gasteiger partial charge in [0, 0.05) is 25.3 Å². The number of nitrogens with two attached hydrogens (primary N) is 1. The van der Waals surface area contributed by atoms with Crippen LogP contribution in [0, 0.1) is 5.41 Å². The first kappa shape index (κ1) is 19.4. The molecule has 1 aromatic carbocycles. The third kappa shape index (κ3) is 3.45. The minimum atomic E-state index is -0.146. The van der Waals surface area contributed by atoms with Gasteiger partial charge in [0.05, 0.1) is 12.8 Å². The minimum Gasteiger partial charge on any atom is -0.390 e. The Morgan fingerprint density at radius 3 is 2.70 bits per heavy atom. The maximum Gasteiger partial charge on any atom is 0.152 e. The molecule has 1 aliphatic carbocycles. The van der Waals surface area contributed by atoms with Crippen molar-refractivity contribution in [3.8, 4) is 0 Å². The van der Waals surface area contributed by atoms with E-state index < -0.39 is 0 Å². The van der Waals surface area contributed by atoms with Crippen molar-refractivity contribution in [2.24, 2.45) is 11.1 Å². The van der Waals surface area contributed by atoms with Gasteiger partial charge in [-0.25, -0.2) is 19.9 Å². The fraction of sp³-hybridized carbons (Fsp3) is 0.364. The Morgan fingerprint density at radius 1 is 1.13 bits per heavy atom. The fourth-order valence-electron chi connectivity index (χ4n) is 4.74. The van der Waals surface area contributed by atoms with Gasteiger partial charge in [-0.1, -0.05) is 24.3 Å². The molecule has 2 aromatic heterocycles. The van der Waals surface area contributed by atoms with Gasteiger partial charge in [0.15, 0.2) is 5.82 Å². The predicted octanol–water partition coefficient (Wildman–Crippen LogP) is 2.75. The van der Waals surface area contributed by atoms with Gasteiger partial charge in [0.1, 0.15) is 22.1 Å². The molecule has 2 aliphatic rings. The van der Waals surface area contributed by atoms with Gasteiger partial charge >= 0.3 is 0 Å². The van der Waals surface area contributed by atoms with Crippen LogP contribution in [0.15, 0.2) is 59.1 Å². The Balaban J connectivity index is 1.32. The van der Waals surface area contributed by atoms with Crippen molar-refractivity contribution in [3.05, 3.63) is 65.9 Å². The summed E-state index contributed by atoms with van der Waals surface area (Å²) in [4.78, 5) is 19.6. The van der Waals surface area contributed by atoms with Gasteiger partial charge in [-0.15, -0.1) is 0 Å². The van der Waals surface area contributed by atoms with E-state index in [0.29, 0.717) is 10.7 Å². The van der Waals surface area contributed by atoms with Crippen LogP contribution in [0.5, 0.6) is 0 Å². The van der Waals surface area contributed by atoms with Crippen LogP contribution in [0.25, 0.3) is 0 Å². The van der Waals surface area contributed by atoms with Crippen molar-refractivity contribution in [1.29, 1.82) is 0 Å². The number of rotatable bonds is 4. The Hall–Kier alpha value is -2.55. The molecule has 0 saturated carbocycles. The lowest BCUT2D eigenvalue weighted by Gasteiger charge is -2.42. The number of aliphatic hydroxyl groups is 1. The van der Waals surface area contributed by atoms with E-state index in [1.165, 1.54) is 29.2 Å². The van der Waals surface area contributed by atoms with Gasteiger partial charge < -0.3 is 15.7 Å². The number of piperidine rings is 1. The summed E-state index contributed by atoms with van der Waals surface area (Å²) in [6, 6.07) is 10.5. The summed E-state index contributed by atoms with van der Waals surface area (Å²) in [6.45, 7) is 1.58. The summed E-state index contributed by atoms with van der Waals surface area (Å²) in [7, 11) is 0. The van der Waals surface area contributed by atoms with Gasteiger partial charge in [0.2, 0.25) is 0 Å². The van der Waals surface area contributed by atoms with Crippen LogP contribution in [-0.4, -0.2) is 38.1 Å². The normalized spacial score (nSPS) is 19.8. The molecule has 1 fully saturated rings. The summed E-state index contributed by atoms with van der Waals surface area (Å²) in [6.07, 6.45) is 8.01. The van der Waals surface area contributed by atoms with E-state index in [1.807, 2.05) is 6.07 Å². The third-order valence-corrected chi connectivity index (χ3v) is 7.22. The number of fused-ring (bicyclic) bond motifs is 1. The monoisotopic (exact) mass is 420 g/mol. The van der Waals surface area contributed by atoms with E-state index >= 15 is 0 Å². The fourth-order valence-corrected chi connectivity index (χ4v) is 5.44. The van der Waals surface area contributed by atoms with E-state index in [0.717, 1.165) is 43.2 Å². The van der Waals surface area contributed by atoms with E-state index in [1.54, 1.807) is 12.4 Å². The van der Waals surface area contributed by atoms with Crippen LogP contribution < -0.4 is 10.6 Å². The zero-order valence-corrected chi connectivity index (χ0v) is 17.4. The highest BCUT2D eigenvalue weighted by Gasteiger charge is 2.46. The molecule has 0 amide bonds. The molecule has 1 atom stereocenters. The number of hydrogen-bond donors (Lipinski definition) is 2. The van der Waals surface area contributed by atoms with E-state index in [2.05, 4.69) is 49.1 Å². The lowest BCUT2D eigenvalue weighted by Crippen LogP contribution is -2.45. The number of aliphatic hydroxyl groups excluding tert-OH is 1. The van der Waals surface area contributed by atoms with Gasteiger partial charge in [0.25, 0.3) is 0 Å². The quantitative estimate of drug-likeness (QED) is 0.622. The standard InChI is InChI=1S/C22H24N6OS/c23-20-16-4-2-1-3-15(16)11-22(20)6-9-28(10-7-22)21-17(13-29)27-19(12-25-21)30-18-5-8-24-14-26-18/h1-5,8,12,14,20,29H,6-7,9-11,13,23H2/t20-/m1/s1. The van der Waals surface area contributed by atoms with Crippen molar-refractivity contribution in [2.75, 3.05) is 18.0 Å². The summed E-state index contributed by atoms with van der Waals surface area (Å²) >= 11 is 1.41. The molecule has 8 heteroatoms.